The number of rotatable bonds is 6. The number of halogens is 2. The van der Waals surface area contributed by atoms with Gasteiger partial charge in [0.1, 0.15) is 5.75 Å². The number of carboxylic acid groups (broad SMARTS) is 1. The molecule has 0 spiro atoms. The highest BCUT2D eigenvalue weighted by Crippen LogP contribution is 2.26. The highest BCUT2D eigenvalue weighted by atomic mass is 19.3. The van der Waals surface area contributed by atoms with Crippen molar-refractivity contribution in [1.82, 2.24) is 0 Å². The van der Waals surface area contributed by atoms with E-state index in [4.69, 9.17) is 5.11 Å². The van der Waals surface area contributed by atoms with Gasteiger partial charge in [0.15, 0.2) is 0 Å². The molecule has 0 aliphatic carbocycles. The zero-order chi connectivity index (χ0) is 19.3. The van der Waals surface area contributed by atoms with E-state index < -0.39 is 18.5 Å². The minimum Gasteiger partial charge on any atom is -0.478 e. The second-order valence-electron chi connectivity index (χ2n) is 5.53. The first-order chi connectivity index (χ1) is 12.3. The smallest absolute Gasteiger partial charge is 0.387 e. The predicted molar refractivity (Wildman–Crippen MR) is 93.6 cm³/mol. The highest BCUT2D eigenvalue weighted by Gasteiger charge is 2.12. The maximum Gasteiger partial charge on any atom is 0.387 e. The summed E-state index contributed by atoms with van der Waals surface area (Å²) in [4.78, 5) is 23.2. The van der Waals surface area contributed by atoms with Crippen LogP contribution in [0.4, 0.5) is 14.5 Å². The standard InChI is InChI=1S/C19H17F2NO4/c1-11-9-13(16(10-12(11)2)26-19(20)21)7-8-17(23)22-15-6-4-3-5-14(15)18(24)25/h3-10,19H,1-2H3,(H,22,23)(H,24,25)/b8-7+. The minimum absolute atomic E-state index is 0.0434. The van der Waals surface area contributed by atoms with Crippen molar-refractivity contribution >= 4 is 23.6 Å². The van der Waals surface area contributed by atoms with Crippen LogP contribution in [0, 0.1) is 13.8 Å². The van der Waals surface area contributed by atoms with Gasteiger partial charge in [0, 0.05) is 11.6 Å². The number of nitrogens with one attached hydrogen (secondary N) is 1. The summed E-state index contributed by atoms with van der Waals surface area (Å²) < 4.78 is 29.6. The Hall–Kier alpha value is -3.22. The normalized spacial score (nSPS) is 11.0. The van der Waals surface area contributed by atoms with E-state index >= 15 is 0 Å². The molecular weight excluding hydrogens is 344 g/mol. The fourth-order valence-corrected chi connectivity index (χ4v) is 2.26. The van der Waals surface area contributed by atoms with E-state index in [0.29, 0.717) is 5.56 Å². The van der Waals surface area contributed by atoms with Crippen molar-refractivity contribution in [3.63, 3.8) is 0 Å². The lowest BCUT2D eigenvalue weighted by atomic mass is 10.0. The quantitative estimate of drug-likeness (QED) is 0.754. The molecule has 0 atom stereocenters. The molecule has 26 heavy (non-hydrogen) atoms. The maximum absolute atomic E-state index is 12.6. The number of carboxylic acids is 1. The van der Waals surface area contributed by atoms with E-state index in [9.17, 15) is 18.4 Å². The molecule has 0 aliphatic rings. The lowest BCUT2D eigenvalue weighted by molar-refractivity contribution is -0.111. The van der Waals surface area contributed by atoms with Gasteiger partial charge in [0.05, 0.1) is 11.3 Å². The largest absolute Gasteiger partial charge is 0.478 e. The molecule has 0 saturated carbocycles. The van der Waals surface area contributed by atoms with E-state index in [1.807, 2.05) is 6.92 Å². The number of para-hydroxylation sites is 1. The average Bonchev–Trinajstić information content (AvgIpc) is 2.56. The van der Waals surface area contributed by atoms with Gasteiger partial charge in [-0.3, -0.25) is 4.79 Å². The van der Waals surface area contributed by atoms with Crippen LogP contribution in [0.15, 0.2) is 42.5 Å². The number of aryl methyl sites for hydroxylation is 2. The van der Waals surface area contributed by atoms with Gasteiger partial charge in [-0.15, -0.1) is 0 Å². The molecule has 0 heterocycles. The van der Waals surface area contributed by atoms with E-state index in [0.717, 1.165) is 17.2 Å². The molecule has 0 aliphatic heterocycles. The van der Waals surface area contributed by atoms with Gasteiger partial charge in [-0.1, -0.05) is 12.1 Å². The Morgan fingerprint density at radius 2 is 1.81 bits per heavy atom. The second-order valence-corrected chi connectivity index (χ2v) is 5.53. The zero-order valence-electron chi connectivity index (χ0n) is 14.1. The number of benzene rings is 2. The fraction of sp³-hybridized carbons (Fsp3) is 0.158. The Labute approximate surface area is 148 Å². The molecule has 0 aromatic heterocycles. The van der Waals surface area contributed by atoms with Crippen molar-refractivity contribution < 1.29 is 28.2 Å². The number of ether oxygens (including phenoxy) is 1. The zero-order valence-corrected chi connectivity index (χ0v) is 14.1. The lowest BCUT2D eigenvalue weighted by Crippen LogP contribution is -2.12. The van der Waals surface area contributed by atoms with Crippen molar-refractivity contribution in [3.05, 3.63) is 64.7 Å². The summed E-state index contributed by atoms with van der Waals surface area (Å²) in [7, 11) is 0. The van der Waals surface area contributed by atoms with Gasteiger partial charge < -0.3 is 15.2 Å². The van der Waals surface area contributed by atoms with Crippen LogP contribution >= 0.6 is 0 Å². The summed E-state index contributed by atoms with van der Waals surface area (Å²) in [5, 5.41) is 11.6. The minimum atomic E-state index is -2.99. The van der Waals surface area contributed by atoms with Gasteiger partial charge in [-0.2, -0.15) is 8.78 Å². The number of hydrogen-bond donors (Lipinski definition) is 2. The molecule has 7 heteroatoms. The number of aromatic carboxylic acids is 1. The van der Waals surface area contributed by atoms with Gasteiger partial charge >= 0.3 is 12.6 Å². The monoisotopic (exact) mass is 361 g/mol. The summed E-state index contributed by atoms with van der Waals surface area (Å²) in [6.45, 7) is 0.583. The number of carbonyl (C=O) groups excluding carboxylic acids is 1. The molecule has 0 unspecified atom stereocenters. The van der Waals surface area contributed by atoms with Crippen LogP contribution < -0.4 is 10.1 Å². The van der Waals surface area contributed by atoms with Crippen molar-refractivity contribution in [2.75, 3.05) is 5.32 Å². The molecule has 2 aromatic carbocycles. The van der Waals surface area contributed by atoms with Gasteiger partial charge in [0.2, 0.25) is 5.91 Å². The third kappa shape index (κ3) is 4.89. The van der Waals surface area contributed by atoms with E-state index in [-0.39, 0.29) is 17.0 Å². The van der Waals surface area contributed by atoms with Crippen LogP contribution in [-0.4, -0.2) is 23.6 Å². The first-order valence-corrected chi connectivity index (χ1v) is 7.65. The van der Waals surface area contributed by atoms with Crippen molar-refractivity contribution in [3.8, 4) is 5.75 Å². The molecule has 2 N–H and O–H groups in total. The topological polar surface area (TPSA) is 75.6 Å². The Kier molecular flexibility index (Phi) is 6.06. The first-order valence-electron chi connectivity index (χ1n) is 7.65. The molecule has 2 rings (SSSR count). The molecule has 2 aromatic rings. The van der Waals surface area contributed by atoms with E-state index in [1.165, 1.54) is 30.3 Å². The Balaban J connectivity index is 2.23. The molecule has 0 saturated heterocycles. The molecular formula is C19H17F2NO4. The molecule has 0 radical (unpaired) electrons. The fourth-order valence-electron chi connectivity index (χ4n) is 2.26. The molecule has 0 bridgehead atoms. The van der Waals surface area contributed by atoms with E-state index in [1.54, 1.807) is 19.1 Å². The molecule has 0 fully saturated rings. The number of carbonyl (C=O) groups is 2. The summed E-state index contributed by atoms with van der Waals surface area (Å²) in [6, 6.07) is 9.04. The summed E-state index contributed by atoms with van der Waals surface area (Å²) in [5.41, 5.74) is 2.02. The Morgan fingerprint density at radius 3 is 2.46 bits per heavy atom. The number of amides is 1. The number of hydrogen-bond acceptors (Lipinski definition) is 3. The van der Waals surface area contributed by atoms with Crippen LogP contribution in [0.3, 0.4) is 0 Å². The summed E-state index contributed by atoms with van der Waals surface area (Å²) >= 11 is 0. The third-order valence-corrected chi connectivity index (χ3v) is 3.67. The second kappa shape index (κ2) is 8.24. The third-order valence-electron chi connectivity index (χ3n) is 3.67. The van der Waals surface area contributed by atoms with Crippen molar-refractivity contribution in [1.29, 1.82) is 0 Å². The predicted octanol–water partition coefficient (Wildman–Crippen LogP) is 4.25. The Morgan fingerprint density at radius 1 is 1.15 bits per heavy atom. The maximum atomic E-state index is 12.6. The summed E-state index contributed by atoms with van der Waals surface area (Å²) in [6.07, 6.45) is 2.46. The van der Waals surface area contributed by atoms with Crippen molar-refractivity contribution in [2.24, 2.45) is 0 Å². The van der Waals surface area contributed by atoms with Crippen LogP contribution in [-0.2, 0) is 4.79 Å². The highest BCUT2D eigenvalue weighted by molar-refractivity contribution is 6.06. The first kappa shape index (κ1) is 19.1. The lowest BCUT2D eigenvalue weighted by Gasteiger charge is -2.11. The molecule has 1 amide bonds. The molecule has 5 nitrogen and oxygen atoms in total. The van der Waals surface area contributed by atoms with E-state index in [2.05, 4.69) is 10.1 Å². The van der Waals surface area contributed by atoms with Gasteiger partial charge in [0.25, 0.3) is 0 Å². The number of alkyl halides is 2. The van der Waals surface area contributed by atoms with Gasteiger partial charge in [-0.25, -0.2) is 4.79 Å². The number of anilines is 1. The summed E-state index contributed by atoms with van der Waals surface area (Å²) in [5.74, 6) is -1.82. The van der Waals surface area contributed by atoms with Crippen LogP contribution in [0.5, 0.6) is 5.75 Å². The molecule has 136 valence electrons. The van der Waals surface area contributed by atoms with Crippen LogP contribution in [0.25, 0.3) is 6.08 Å². The van der Waals surface area contributed by atoms with Gasteiger partial charge in [-0.05, 0) is 55.3 Å². The Bertz CT molecular complexity index is 863. The van der Waals surface area contributed by atoms with Crippen LogP contribution in [0.2, 0.25) is 0 Å². The SMILES string of the molecule is Cc1cc(/C=C/C(=O)Nc2ccccc2C(=O)O)c(OC(F)F)cc1C. The van der Waals surface area contributed by atoms with Crippen molar-refractivity contribution in [2.45, 2.75) is 20.5 Å². The average molecular weight is 361 g/mol. The van der Waals surface area contributed by atoms with Crippen LogP contribution in [0.1, 0.15) is 27.0 Å².